The van der Waals surface area contributed by atoms with Crippen molar-refractivity contribution < 1.29 is 21.6 Å². The van der Waals surface area contributed by atoms with Crippen molar-refractivity contribution in [2.75, 3.05) is 4.72 Å². The van der Waals surface area contributed by atoms with Crippen LogP contribution in [0.1, 0.15) is 11.3 Å². The van der Waals surface area contributed by atoms with Gasteiger partial charge in [0.1, 0.15) is 10.7 Å². The van der Waals surface area contributed by atoms with Crippen molar-refractivity contribution in [3.8, 4) is 11.1 Å². The van der Waals surface area contributed by atoms with Crippen LogP contribution in [0.15, 0.2) is 59.5 Å². The summed E-state index contributed by atoms with van der Waals surface area (Å²) >= 11 is 12.0. The Balaban J connectivity index is 1.96. The fourth-order valence-corrected chi connectivity index (χ4v) is 4.43. The van der Waals surface area contributed by atoms with Crippen LogP contribution in [0.25, 0.3) is 11.1 Å². The van der Waals surface area contributed by atoms with E-state index in [-0.39, 0.29) is 10.8 Å². The molecule has 1 heterocycles. The Morgan fingerprint density at radius 2 is 1.62 bits per heavy atom. The number of rotatable bonds is 4. The lowest BCUT2D eigenvalue weighted by molar-refractivity contribution is -0.137. The fraction of sp³-hybridized carbons (Fsp3) is 0.105. The number of nitrogens with zero attached hydrogens (tertiary/aromatic N) is 1. The number of anilines is 1. The Bertz CT molecular complexity index is 1180. The van der Waals surface area contributed by atoms with Crippen LogP contribution < -0.4 is 4.72 Å². The molecule has 4 nitrogen and oxygen atoms in total. The summed E-state index contributed by atoms with van der Waals surface area (Å²) in [5.74, 6) is -0.0632. The minimum absolute atomic E-state index is 0.0632. The molecule has 152 valence electrons. The summed E-state index contributed by atoms with van der Waals surface area (Å²) in [4.78, 5) is 3.50. The van der Waals surface area contributed by atoms with E-state index in [0.29, 0.717) is 28.4 Å². The number of halogens is 5. The molecule has 0 fully saturated rings. The second-order valence-corrected chi connectivity index (χ2v) is 8.52. The topological polar surface area (TPSA) is 59.1 Å². The Morgan fingerprint density at radius 1 is 0.931 bits per heavy atom. The molecule has 0 aliphatic carbocycles. The van der Waals surface area contributed by atoms with E-state index in [2.05, 4.69) is 9.71 Å². The maximum Gasteiger partial charge on any atom is 0.416 e. The van der Waals surface area contributed by atoms with Crippen molar-refractivity contribution in [2.45, 2.75) is 18.0 Å². The molecule has 10 heteroatoms. The van der Waals surface area contributed by atoms with Crippen molar-refractivity contribution in [3.63, 3.8) is 0 Å². The predicted molar refractivity (Wildman–Crippen MR) is 107 cm³/mol. The molecule has 3 aromatic rings. The molecule has 0 saturated carbocycles. The van der Waals surface area contributed by atoms with E-state index in [0.717, 1.165) is 11.6 Å². The van der Waals surface area contributed by atoms with Gasteiger partial charge in [0.25, 0.3) is 10.0 Å². The van der Waals surface area contributed by atoms with Gasteiger partial charge in [0.2, 0.25) is 0 Å². The normalized spacial score (nSPS) is 12.1. The number of sulfonamides is 1. The summed E-state index contributed by atoms with van der Waals surface area (Å²) in [5, 5.41) is 0.163. The quantitative estimate of drug-likeness (QED) is 0.505. The smallest absolute Gasteiger partial charge is 0.263 e. The standard InChI is InChI=1S/C19H13Cl2F3N2O2S/c1-11-13(14-4-2-3-5-15(14)20)7-9-18(25-11)26-29(27,28)17-10-12(19(22,23)24)6-8-16(17)21/h2-10H,1H3,(H,25,26). The lowest BCUT2D eigenvalue weighted by Gasteiger charge is -2.13. The van der Waals surface area contributed by atoms with Gasteiger partial charge < -0.3 is 0 Å². The minimum Gasteiger partial charge on any atom is -0.263 e. The number of hydrogen-bond donors (Lipinski definition) is 1. The monoisotopic (exact) mass is 460 g/mol. The van der Waals surface area contributed by atoms with E-state index >= 15 is 0 Å². The predicted octanol–water partition coefficient (Wildman–Crippen LogP) is 6.18. The van der Waals surface area contributed by atoms with Crippen LogP contribution in [-0.4, -0.2) is 13.4 Å². The number of nitrogens with one attached hydrogen (secondary N) is 1. The Hall–Kier alpha value is -2.29. The highest BCUT2D eigenvalue weighted by Gasteiger charge is 2.33. The first-order valence-electron chi connectivity index (χ1n) is 8.11. The summed E-state index contributed by atoms with van der Waals surface area (Å²) in [6.07, 6.45) is -4.71. The Kier molecular flexibility index (Phi) is 5.80. The van der Waals surface area contributed by atoms with Gasteiger partial charge >= 0.3 is 6.18 Å². The second kappa shape index (κ2) is 7.85. The summed E-state index contributed by atoms with van der Waals surface area (Å²) in [6.45, 7) is 1.66. The average Bonchev–Trinajstić information content (AvgIpc) is 2.61. The first-order valence-corrected chi connectivity index (χ1v) is 10.3. The van der Waals surface area contributed by atoms with Crippen molar-refractivity contribution in [3.05, 3.63) is 75.9 Å². The van der Waals surface area contributed by atoms with Gasteiger partial charge in [-0.15, -0.1) is 0 Å². The fourth-order valence-electron chi connectivity index (χ4n) is 2.66. The molecular weight excluding hydrogens is 448 g/mol. The third kappa shape index (κ3) is 4.66. The van der Waals surface area contributed by atoms with E-state index in [1.165, 1.54) is 6.07 Å². The van der Waals surface area contributed by atoms with Crippen LogP contribution in [0.3, 0.4) is 0 Å². The van der Waals surface area contributed by atoms with E-state index in [9.17, 15) is 21.6 Å². The van der Waals surface area contributed by atoms with Crippen molar-refractivity contribution in [1.82, 2.24) is 4.98 Å². The largest absolute Gasteiger partial charge is 0.416 e. The van der Waals surface area contributed by atoms with Gasteiger partial charge in [-0.25, -0.2) is 13.4 Å². The van der Waals surface area contributed by atoms with E-state index in [4.69, 9.17) is 23.2 Å². The van der Waals surface area contributed by atoms with Crippen LogP contribution in [-0.2, 0) is 16.2 Å². The third-order valence-corrected chi connectivity index (χ3v) is 6.20. The molecule has 0 atom stereocenters. The SMILES string of the molecule is Cc1nc(NS(=O)(=O)c2cc(C(F)(F)F)ccc2Cl)ccc1-c1ccccc1Cl. The van der Waals surface area contributed by atoms with Gasteiger partial charge in [-0.3, -0.25) is 4.72 Å². The van der Waals surface area contributed by atoms with Crippen molar-refractivity contribution >= 4 is 39.0 Å². The zero-order valence-corrected chi connectivity index (χ0v) is 17.1. The van der Waals surface area contributed by atoms with E-state index < -0.39 is 26.7 Å². The van der Waals surface area contributed by atoms with Gasteiger partial charge in [0, 0.05) is 21.8 Å². The van der Waals surface area contributed by atoms with Crippen molar-refractivity contribution in [2.24, 2.45) is 0 Å². The molecule has 0 radical (unpaired) electrons. The van der Waals surface area contributed by atoms with Crippen molar-refractivity contribution in [1.29, 1.82) is 0 Å². The zero-order chi connectivity index (χ0) is 21.4. The highest BCUT2D eigenvalue weighted by atomic mass is 35.5. The highest BCUT2D eigenvalue weighted by molar-refractivity contribution is 7.92. The third-order valence-electron chi connectivity index (χ3n) is 4.04. The number of aromatic nitrogens is 1. The van der Waals surface area contributed by atoms with E-state index in [1.807, 2.05) is 0 Å². The zero-order valence-electron chi connectivity index (χ0n) is 14.8. The number of alkyl halides is 3. The molecule has 0 amide bonds. The van der Waals surface area contributed by atoms with Crippen LogP contribution in [0.4, 0.5) is 19.0 Å². The molecule has 29 heavy (non-hydrogen) atoms. The van der Waals surface area contributed by atoms with Crippen LogP contribution >= 0.6 is 23.2 Å². The molecule has 0 unspecified atom stereocenters. The summed E-state index contributed by atoms with van der Waals surface area (Å²) < 4.78 is 66.1. The first-order chi connectivity index (χ1) is 13.5. The Labute approximate surface area is 175 Å². The van der Waals surface area contributed by atoms with Crippen LogP contribution in [0, 0.1) is 6.92 Å². The van der Waals surface area contributed by atoms with E-state index in [1.54, 1.807) is 37.3 Å². The molecule has 0 spiro atoms. The molecule has 0 saturated heterocycles. The number of hydrogen-bond acceptors (Lipinski definition) is 3. The summed E-state index contributed by atoms with van der Waals surface area (Å²) in [7, 11) is -4.40. The molecule has 3 rings (SSSR count). The molecule has 1 aromatic heterocycles. The number of benzene rings is 2. The van der Waals surface area contributed by atoms with Gasteiger partial charge in [-0.1, -0.05) is 41.4 Å². The molecule has 1 N–H and O–H groups in total. The van der Waals surface area contributed by atoms with Gasteiger partial charge in [0.15, 0.2) is 0 Å². The number of pyridine rings is 1. The lowest BCUT2D eigenvalue weighted by atomic mass is 10.0. The van der Waals surface area contributed by atoms with Crippen LogP contribution in [0.2, 0.25) is 10.0 Å². The second-order valence-electron chi connectivity index (χ2n) is 6.06. The molecule has 2 aromatic carbocycles. The maximum absolute atomic E-state index is 12.9. The lowest BCUT2D eigenvalue weighted by Crippen LogP contribution is -2.16. The maximum atomic E-state index is 12.9. The molecular formula is C19H13Cl2F3N2O2S. The summed E-state index contributed by atoms with van der Waals surface area (Å²) in [5.41, 5.74) is 0.763. The minimum atomic E-state index is -4.71. The van der Waals surface area contributed by atoms with Gasteiger partial charge in [0.05, 0.1) is 10.6 Å². The molecule has 0 aliphatic heterocycles. The van der Waals surface area contributed by atoms with Crippen LogP contribution in [0.5, 0.6) is 0 Å². The highest BCUT2D eigenvalue weighted by Crippen LogP contribution is 2.34. The Morgan fingerprint density at radius 3 is 2.24 bits per heavy atom. The summed E-state index contributed by atoms with van der Waals surface area (Å²) in [6, 6.07) is 12.2. The van der Waals surface area contributed by atoms with Gasteiger partial charge in [-0.05, 0) is 43.3 Å². The average molecular weight is 461 g/mol. The molecule has 0 bridgehead atoms. The first kappa shape index (κ1) is 21.4. The molecule has 0 aliphatic rings. The van der Waals surface area contributed by atoms with Gasteiger partial charge in [-0.2, -0.15) is 13.2 Å². The number of aryl methyl sites for hydroxylation is 1.